The van der Waals surface area contributed by atoms with E-state index in [1.807, 2.05) is 74.8 Å². The lowest BCUT2D eigenvalue weighted by Crippen LogP contribution is -2.38. The smallest absolute Gasteiger partial charge is 0.339 e. The molecule has 0 aliphatic heterocycles. The lowest BCUT2D eigenvalue weighted by molar-refractivity contribution is 0.00703. The Morgan fingerprint density at radius 2 is 1.71 bits per heavy atom. The number of nitrogens with one attached hydrogen (secondary N) is 1. The lowest BCUT2D eigenvalue weighted by Gasteiger charge is -2.28. The van der Waals surface area contributed by atoms with Gasteiger partial charge in [0.15, 0.2) is 0 Å². The molecule has 5 rings (SSSR count). The molecular formula is C36H43N3O3. The molecule has 1 N–H and O–H groups in total. The number of ether oxygens (including phenoxy) is 1. The Morgan fingerprint density at radius 3 is 2.43 bits per heavy atom. The number of esters is 1. The Bertz CT molecular complexity index is 1560. The number of carbonyl (C=O) groups is 2. The van der Waals surface area contributed by atoms with Gasteiger partial charge < -0.3 is 10.1 Å². The van der Waals surface area contributed by atoms with Gasteiger partial charge in [0, 0.05) is 23.5 Å². The van der Waals surface area contributed by atoms with Gasteiger partial charge in [0.2, 0.25) is 0 Å². The van der Waals surface area contributed by atoms with E-state index in [2.05, 4.69) is 36.5 Å². The molecule has 6 heteroatoms. The molecule has 1 aliphatic carbocycles. The Hall–Kier alpha value is -3.93. The van der Waals surface area contributed by atoms with Crippen molar-refractivity contribution in [3.8, 4) is 11.1 Å². The van der Waals surface area contributed by atoms with Gasteiger partial charge in [-0.3, -0.25) is 9.48 Å². The second-order valence-electron chi connectivity index (χ2n) is 12.7. The number of fused-ring (bicyclic) bond motifs is 1. The van der Waals surface area contributed by atoms with Crippen LogP contribution in [0.4, 0.5) is 0 Å². The van der Waals surface area contributed by atoms with Crippen LogP contribution in [0, 0.1) is 12.8 Å². The number of nitrogens with zero attached hydrogens (tertiary/aromatic N) is 2. The highest BCUT2D eigenvalue weighted by Gasteiger charge is 2.23. The Kier molecular flexibility index (Phi) is 8.81. The average molecular weight is 566 g/mol. The van der Waals surface area contributed by atoms with Crippen LogP contribution < -0.4 is 5.32 Å². The summed E-state index contributed by atoms with van der Waals surface area (Å²) < 4.78 is 7.66. The first-order valence-corrected chi connectivity index (χ1v) is 15.3. The molecule has 6 nitrogen and oxygen atoms in total. The van der Waals surface area contributed by atoms with Crippen molar-refractivity contribution in [2.24, 2.45) is 5.92 Å². The Labute approximate surface area is 249 Å². The molecule has 1 saturated carbocycles. The molecule has 1 aliphatic rings. The van der Waals surface area contributed by atoms with Crippen LogP contribution in [0.3, 0.4) is 0 Å². The largest absolute Gasteiger partial charge is 0.456 e. The summed E-state index contributed by atoms with van der Waals surface area (Å²) in [4.78, 5) is 25.9. The fourth-order valence-corrected chi connectivity index (χ4v) is 6.03. The average Bonchev–Trinajstić information content (AvgIpc) is 3.30. The van der Waals surface area contributed by atoms with Crippen molar-refractivity contribution in [3.05, 3.63) is 89.1 Å². The minimum absolute atomic E-state index is 0.00421. The van der Waals surface area contributed by atoms with Crippen molar-refractivity contribution in [2.75, 3.05) is 0 Å². The topological polar surface area (TPSA) is 73.2 Å². The van der Waals surface area contributed by atoms with Crippen molar-refractivity contribution in [1.82, 2.24) is 15.1 Å². The number of rotatable bonds is 8. The summed E-state index contributed by atoms with van der Waals surface area (Å²) in [5, 5.41) is 9.06. The minimum Gasteiger partial charge on any atom is -0.456 e. The molecule has 3 aromatic carbocycles. The van der Waals surface area contributed by atoms with E-state index < -0.39 is 5.60 Å². The molecule has 220 valence electrons. The zero-order valence-electron chi connectivity index (χ0n) is 25.6. The molecular weight excluding hydrogens is 522 g/mol. The first-order chi connectivity index (χ1) is 20.1. The summed E-state index contributed by atoms with van der Waals surface area (Å²) in [6, 6.07) is 22.0. The quantitative estimate of drug-likeness (QED) is 0.220. The van der Waals surface area contributed by atoms with Crippen LogP contribution in [0.1, 0.15) is 91.8 Å². The minimum atomic E-state index is -0.551. The van der Waals surface area contributed by atoms with Gasteiger partial charge in [-0.15, -0.1) is 0 Å². The van der Waals surface area contributed by atoms with Crippen molar-refractivity contribution in [2.45, 2.75) is 91.3 Å². The van der Waals surface area contributed by atoms with Crippen LogP contribution in [-0.2, 0) is 17.7 Å². The number of amides is 1. The second-order valence-corrected chi connectivity index (χ2v) is 12.7. The van der Waals surface area contributed by atoms with Gasteiger partial charge in [-0.1, -0.05) is 61.7 Å². The van der Waals surface area contributed by atoms with Crippen LogP contribution in [-0.4, -0.2) is 33.3 Å². The second kappa shape index (κ2) is 12.5. The van der Waals surface area contributed by atoms with Gasteiger partial charge in [-0.25, -0.2) is 4.79 Å². The lowest BCUT2D eigenvalue weighted by atomic mass is 9.84. The van der Waals surface area contributed by atoms with Crippen LogP contribution in [0.15, 0.2) is 66.7 Å². The van der Waals surface area contributed by atoms with E-state index in [9.17, 15) is 9.59 Å². The van der Waals surface area contributed by atoms with E-state index in [0.717, 1.165) is 40.7 Å². The highest BCUT2D eigenvalue weighted by Crippen LogP contribution is 2.28. The maximum Gasteiger partial charge on any atom is 0.339 e. The van der Waals surface area contributed by atoms with E-state index in [4.69, 9.17) is 9.84 Å². The number of benzene rings is 3. The number of carbonyl (C=O) groups excluding carboxylic acids is 2. The highest BCUT2D eigenvalue weighted by molar-refractivity contribution is 5.99. The van der Waals surface area contributed by atoms with E-state index in [-0.39, 0.29) is 17.9 Å². The molecule has 42 heavy (non-hydrogen) atoms. The molecule has 1 atom stereocenters. The number of hydrogen-bond donors (Lipinski definition) is 1. The van der Waals surface area contributed by atoms with Gasteiger partial charge in [-0.2, -0.15) is 5.10 Å². The SMILES string of the molecule is Cc1nn(CCc2ccc(-c3ccccc3C(=O)OC(C)(C)C)cc2)c2ccc(C(=O)N[C@@H](C)C3CCCCC3)cc12. The Balaban J connectivity index is 1.25. The van der Waals surface area contributed by atoms with Gasteiger partial charge in [0.05, 0.1) is 16.8 Å². The summed E-state index contributed by atoms with van der Waals surface area (Å²) >= 11 is 0. The highest BCUT2D eigenvalue weighted by atomic mass is 16.6. The van der Waals surface area contributed by atoms with Gasteiger partial charge in [0.25, 0.3) is 5.91 Å². The maximum absolute atomic E-state index is 13.1. The molecule has 0 unspecified atom stereocenters. The zero-order chi connectivity index (χ0) is 29.9. The molecule has 0 saturated heterocycles. The van der Waals surface area contributed by atoms with Crippen molar-refractivity contribution in [3.63, 3.8) is 0 Å². The van der Waals surface area contributed by atoms with Crippen molar-refractivity contribution >= 4 is 22.8 Å². The monoisotopic (exact) mass is 565 g/mol. The summed E-state index contributed by atoms with van der Waals surface area (Å²) in [6.45, 7) is 10.5. The van der Waals surface area contributed by atoms with E-state index in [1.54, 1.807) is 0 Å². The number of aromatic nitrogens is 2. The van der Waals surface area contributed by atoms with E-state index in [0.29, 0.717) is 17.0 Å². The third-order valence-corrected chi connectivity index (χ3v) is 8.34. The summed E-state index contributed by atoms with van der Waals surface area (Å²) in [7, 11) is 0. The normalized spacial score (nSPS) is 15.0. The Morgan fingerprint density at radius 1 is 1.00 bits per heavy atom. The standard InChI is InChI=1S/C36H43N3O3/c1-24(27-11-7-6-8-12-27)37-34(40)29-19-20-33-32(23-29)25(2)38-39(33)22-21-26-15-17-28(18-16-26)30-13-9-10-14-31(30)35(41)42-36(3,4)5/h9-10,13-20,23-24,27H,6-8,11-12,21-22H2,1-5H3,(H,37,40)/t24-/m0/s1. The van der Waals surface area contributed by atoms with Crippen molar-refractivity contribution in [1.29, 1.82) is 0 Å². The molecule has 0 spiro atoms. The molecule has 4 aromatic rings. The van der Waals surface area contributed by atoms with E-state index in [1.165, 1.54) is 37.7 Å². The molecule has 0 radical (unpaired) electrons. The molecule has 1 aromatic heterocycles. The van der Waals surface area contributed by atoms with Gasteiger partial charge in [-0.05, 0) is 101 Å². The molecule has 1 amide bonds. The van der Waals surface area contributed by atoms with Crippen LogP contribution >= 0.6 is 0 Å². The summed E-state index contributed by atoms with van der Waals surface area (Å²) in [5.41, 5.74) is 5.68. The third-order valence-electron chi connectivity index (χ3n) is 8.34. The van der Waals surface area contributed by atoms with Crippen LogP contribution in [0.5, 0.6) is 0 Å². The number of aryl methyl sites for hydroxylation is 3. The first-order valence-electron chi connectivity index (χ1n) is 15.3. The maximum atomic E-state index is 13.1. The van der Waals surface area contributed by atoms with Gasteiger partial charge in [0.1, 0.15) is 5.60 Å². The fraction of sp³-hybridized carbons (Fsp3) is 0.417. The predicted octanol–water partition coefficient (Wildman–Crippen LogP) is 7.91. The van der Waals surface area contributed by atoms with Crippen LogP contribution in [0.25, 0.3) is 22.0 Å². The zero-order valence-corrected chi connectivity index (χ0v) is 25.6. The molecule has 0 bridgehead atoms. The third kappa shape index (κ3) is 6.92. The van der Waals surface area contributed by atoms with Crippen molar-refractivity contribution < 1.29 is 14.3 Å². The van der Waals surface area contributed by atoms with Gasteiger partial charge >= 0.3 is 5.97 Å². The molecule has 1 fully saturated rings. The predicted molar refractivity (Wildman–Crippen MR) is 169 cm³/mol. The van der Waals surface area contributed by atoms with E-state index >= 15 is 0 Å². The molecule has 1 heterocycles. The van der Waals surface area contributed by atoms with Crippen LogP contribution in [0.2, 0.25) is 0 Å². The summed E-state index contributed by atoms with van der Waals surface area (Å²) in [5.74, 6) is 0.252. The summed E-state index contributed by atoms with van der Waals surface area (Å²) in [6.07, 6.45) is 7.06. The fourth-order valence-electron chi connectivity index (χ4n) is 6.03. The number of hydrogen-bond acceptors (Lipinski definition) is 4. The first kappa shape index (κ1) is 29.6.